The first kappa shape index (κ1) is 13.0. The fourth-order valence-corrected chi connectivity index (χ4v) is 3.41. The van der Waals surface area contributed by atoms with Crippen molar-refractivity contribution in [1.82, 2.24) is 4.90 Å². The highest BCUT2D eigenvalue weighted by molar-refractivity contribution is 5.83. The van der Waals surface area contributed by atoms with E-state index in [1.807, 2.05) is 0 Å². The van der Waals surface area contributed by atoms with Gasteiger partial charge < -0.3 is 4.74 Å². The number of hydrogen-bond acceptors (Lipinski definition) is 3. The summed E-state index contributed by atoms with van der Waals surface area (Å²) in [7, 11) is 1.76. The Hall–Kier alpha value is -0.410. The Bertz CT molecular complexity index is 255. The molecule has 1 aliphatic carbocycles. The van der Waals surface area contributed by atoms with Gasteiger partial charge in [0, 0.05) is 38.6 Å². The highest BCUT2D eigenvalue weighted by atomic mass is 16.5. The molecule has 2 rings (SSSR count). The van der Waals surface area contributed by atoms with E-state index in [-0.39, 0.29) is 0 Å². The molecule has 17 heavy (non-hydrogen) atoms. The quantitative estimate of drug-likeness (QED) is 0.689. The average molecular weight is 239 g/mol. The molecule has 1 aliphatic heterocycles. The molecule has 1 saturated heterocycles. The van der Waals surface area contributed by atoms with Gasteiger partial charge in [-0.25, -0.2) is 0 Å². The Kier molecular flexibility index (Phi) is 4.99. The number of ether oxygens (including phenoxy) is 1. The molecule has 0 aromatic carbocycles. The Morgan fingerprint density at radius 2 is 2.18 bits per heavy atom. The van der Waals surface area contributed by atoms with Gasteiger partial charge in [-0.1, -0.05) is 6.42 Å². The van der Waals surface area contributed by atoms with Gasteiger partial charge in [0.1, 0.15) is 5.78 Å². The molecule has 0 N–H and O–H groups in total. The number of likely N-dealkylation sites (tertiary alicyclic amines) is 1. The lowest BCUT2D eigenvalue weighted by Crippen LogP contribution is -2.46. The molecule has 0 bridgehead atoms. The zero-order valence-corrected chi connectivity index (χ0v) is 11.0. The molecule has 0 amide bonds. The smallest absolute Gasteiger partial charge is 0.137 e. The molecule has 0 spiro atoms. The maximum absolute atomic E-state index is 11.9. The summed E-state index contributed by atoms with van der Waals surface area (Å²) < 4.78 is 5.12. The zero-order chi connectivity index (χ0) is 12.1. The maximum atomic E-state index is 11.9. The van der Waals surface area contributed by atoms with E-state index in [9.17, 15) is 4.79 Å². The fraction of sp³-hybridized carbons (Fsp3) is 0.929. The summed E-state index contributed by atoms with van der Waals surface area (Å²) in [4.78, 5) is 14.4. The third kappa shape index (κ3) is 3.29. The molecule has 0 radical (unpaired) electrons. The first-order valence-electron chi connectivity index (χ1n) is 7.08. The van der Waals surface area contributed by atoms with Crippen LogP contribution in [0, 0.1) is 5.92 Å². The molecule has 0 aromatic heterocycles. The Morgan fingerprint density at radius 1 is 1.29 bits per heavy atom. The zero-order valence-electron chi connectivity index (χ0n) is 11.0. The first-order valence-corrected chi connectivity index (χ1v) is 7.08. The number of carbonyl (C=O) groups excluding carboxylic acids is 1. The van der Waals surface area contributed by atoms with Crippen molar-refractivity contribution in [2.75, 3.05) is 26.8 Å². The number of methoxy groups -OCH3 is 1. The van der Waals surface area contributed by atoms with Crippen LogP contribution in [0.15, 0.2) is 0 Å². The molecular formula is C14H25NO2. The van der Waals surface area contributed by atoms with Crippen molar-refractivity contribution < 1.29 is 9.53 Å². The Morgan fingerprint density at radius 3 is 2.88 bits per heavy atom. The molecule has 0 aromatic rings. The third-order valence-corrected chi connectivity index (χ3v) is 4.27. The van der Waals surface area contributed by atoms with Crippen molar-refractivity contribution in [2.24, 2.45) is 5.92 Å². The van der Waals surface area contributed by atoms with Gasteiger partial charge in [0.2, 0.25) is 0 Å². The number of Topliss-reactive ketones (excluding diaryl/α,β-unsaturated/α-hetero) is 1. The van der Waals surface area contributed by atoms with Gasteiger partial charge in [-0.2, -0.15) is 0 Å². The lowest BCUT2D eigenvalue weighted by Gasteiger charge is -2.38. The number of nitrogens with zero attached hydrogens (tertiary/aromatic N) is 1. The molecule has 1 saturated carbocycles. The minimum absolute atomic E-state index is 0.345. The van der Waals surface area contributed by atoms with Crippen molar-refractivity contribution in [3.8, 4) is 0 Å². The summed E-state index contributed by atoms with van der Waals surface area (Å²) in [5.41, 5.74) is 0. The van der Waals surface area contributed by atoms with Gasteiger partial charge in [0.15, 0.2) is 0 Å². The summed E-state index contributed by atoms with van der Waals surface area (Å²) >= 11 is 0. The van der Waals surface area contributed by atoms with Crippen molar-refractivity contribution in [3.63, 3.8) is 0 Å². The second kappa shape index (κ2) is 6.50. The van der Waals surface area contributed by atoms with Crippen molar-refractivity contribution >= 4 is 5.78 Å². The summed E-state index contributed by atoms with van der Waals surface area (Å²) in [6.45, 7) is 3.11. The topological polar surface area (TPSA) is 29.5 Å². The average Bonchev–Trinajstić information content (AvgIpc) is 2.76. The van der Waals surface area contributed by atoms with E-state index in [2.05, 4.69) is 4.90 Å². The maximum Gasteiger partial charge on any atom is 0.137 e. The van der Waals surface area contributed by atoms with Gasteiger partial charge in [-0.05, 0) is 38.6 Å². The molecule has 3 heteroatoms. The van der Waals surface area contributed by atoms with Gasteiger partial charge in [-0.15, -0.1) is 0 Å². The number of rotatable bonds is 5. The number of hydrogen-bond donors (Lipinski definition) is 0. The van der Waals surface area contributed by atoms with Crippen LogP contribution in [0.3, 0.4) is 0 Å². The van der Waals surface area contributed by atoms with Gasteiger partial charge in [0.05, 0.1) is 0 Å². The van der Waals surface area contributed by atoms with E-state index in [1.165, 1.54) is 25.8 Å². The predicted octanol–water partition coefficient (Wildman–Crippen LogP) is 2.25. The monoisotopic (exact) mass is 239 g/mol. The van der Waals surface area contributed by atoms with Crippen LogP contribution in [-0.4, -0.2) is 43.5 Å². The Labute approximate surface area is 105 Å². The van der Waals surface area contributed by atoms with Crippen LogP contribution >= 0.6 is 0 Å². The van der Waals surface area contributed by atoms with E-state index in [4.69, 9.17) is 4.74 Å². The number of ketones is 1. The standard InChI is InChI=1S/C14H25NO2/c1-17-11-5-10-15-9-3-2-7-13(15)12-6-4-8-14(12)16/h12-13H,2-11H2,1H3. The van der Waals surface area contributed by atoms with E-state index in [0.717, 1.165) is 38.8 Å². The molecule has 2 fully saturated rings. The van der Waals surface area contributed by atoms with Crippen LogP contribution in [0.2, 0.25) is 0 Å². The van der Waals surface area contributed by atoms with Crippen LogP contribution in [0.4, 0.5) is 0 Å². The van der Waals surface area contributed by atoms with E-state index < -0.39 is 0 Å². The summed E-state index contributed by atoms with van der Waals surface area (Å²) in [6.07, 6.45) is 7.99. The van der Waals surface area contributed by atoms with Crippen LogP contribution in [0.25, 0.3) is 0 Å². The molecule has 2 atom stereocenters. The largest absolute Gasteiger partial charge is 0.385 e. The molecule has 3 nitrogen and oxygen atoms in total. The van der Waals surface area contributed by atoms with Crippen LogP contribution < -0.4 is 0 Å². The molecule has 1 heterocycles. The molecular weight excluding hydrogens is 214 g/mol. The summed E-state index contributed by atoms with van der Waals surface area (Å²) in [5.74, 6) is 0.867. The summed E-state index contributed by atoms with van der Waals surface area (Å²) in [5, 5.41) is 0. The summed E-state index contributed by atoms with van der Waals surface area (Å²) in [6, 6.07) is 0.538. The van der Waals surface area contributed by atoms with Crippen LogP contribution in [-0.2, 0) is 9.53 Å². The van der Waals surface area contributed by atoms with E-state index in [0.29, 0.717) is 17.7 Å². The SMILES string of the molecule is COCCCN1CCCCC1C1CCCC1=O. The third-order valence-electron chi connectivity index (χ3n) is 4.27. The normalized spacial score (nSPS) is 31.0. The number of piperidine rings is 1. The van der Waals surface area contributed by atoms with Gasteiger partial charge in [0.25, 0.3) is 0 Å². The van der Waals surface area contributed by atoms with Crippen molar-refractivity contribution in [3.05, 3.63) is 0 Å². The highest BCUT2D eigenvalue weighted by Crippen LogP contribution is 2.32. The second-order valence-electron chi connectivity index (χ2n) is 5.41. The van der Waals surface area contributed by atoms with Crippen molar-refractivity contribution in [1.29, 1.82) is 0 Å². The first-order chi connectivity index (χ1) is 8.33. The van der Waals surface area contributed by atoms with Crippen LogP contribution in [0.5, 0.6) is 0 Å². The van der Waals surface area contributed by atoms with Crippen molar-refractivity contribution in [2.45, 2.75) is 51.0 Å². The second-order valence-corrected chi connectivity index (χ2v) is 5.41. The van der Waals surface area contributed by atoms with E-state index >= 15 is 0 Å². The van der Waals surface area contributed by atoms with Gasteiger partial charge in [-0.3, -0.25) is 9.69 Å². The minimum atomic E-state index is 0.345. The Balaban J connectivity index is 1.89. The molecule has 2 aliphatic rings. The molecule has 98 valence electrons. The van der Waals surface area contributed by atoms with Gasteiger partial charge >= 0.3 is 0 Å². The number of carbonyl (C=O) groups is 1. The predicted molar refractivity (Wildman–Crippen MR) is 68.1 cm³/mol. The minimum Gasteiger partial charge on any atom is -0.385 e. The molecule has 2 unspecified atom stereocenters. The van der Waals surface area contributed by atoms with E-state index in [1.54, 1.807) is 7.11 Å². The lowest BCUT2D eigenvalue weighted by molar-refractivity contribution is -0.123. The van der Waals surface area contributed by atoms with Crippen LogP contribution in [0.1, 0.15) is 44.9 Å². The fourth-order valence-electron chi connectivity index (χ4n) is 3.41. The highest BCUT2D eigenvalue weighted by Gasteiger charge is 2.36. The lowest BCUT2D eigenvalue weighted by atomic mass is 9.88.